The molecular weight excluding hydrogens is 184 g/mol. The van der Waals surface area contributed by atoms with E-state index in [1.807, 2.05) is 0 Å². The minimum atomic E-state index is -0.210. The number of aryl methyl sites for hydroxylation is 1. The van der Waals surface area contributed by atoms with Gasteiger partial charge >= 0.3 is 6.01 Å². The fraction of sp³-hybridized carbons (Fsp3) is 0.250. The van der Waals surface area contributed by atoms with Gasteiger partial charge in [0, 0.05) is 7.05 Å². The maximum absolute atomic E-state index is 11.2. The summed E-state index contributed by atoms with van der Waals surface area (Å²) in [7, 11) is 3.09. The topological polar surface area (TPSA) is 69.9 Å². The summed E-state index contributed by atoms with van der Waals surface area (Å²) in [4.78, 5) is 23.0. The van der Waals surface area contributed by atoms with Crippen LogP contribution in [0.15, 0.2) is 17.2 Å². The Morgan fingerprint density at radius 2 is 2.14 bits per heavy atom. The molecule has 2 aromatic heterocycles. The van der Waals surface area contributed by atoms with E-state index in [9.17, 15) is 4.79 Å². The van der Waals surface area contributed by atoms with Gasteiger partial charge in [-0.1, -0.05) is 0 Å². The molecule has 0 aliphatic carbocycles. The molecule has 0 amide bonds. The number of ether oxygens (including phenoxy) is 1. The second-order valence-electron chi connectivity index (χ2n) is 2.72. The third-order valence-electron chi connectivity index (χ3n) is 1.87. The lowest BCUT2D eigenvalue weighted by Gasteiger charge is -2.02. The zero-order valence-electron chi connectivity index (χ0n) is 7.76. The molecule has 2 aromatic rings. The average molecular weight is 192 g/mol. The molecule has 0 aromatic carbocycles. The average Bonchev–Trinajstić information content (AvgIpc) is 2.23. The molecule has 2 rings (SSSR count). The largest absolute Gasteiger partial charge is 0.467 e. The second-order valence-corrected chi connectivity index (χ2v) is 2.72. The highest BCUT2D eigenvalue weighted by molar-refractivity contribution is 5.68. The van der Waals surface area contributed by atoms with E-state index in [1.165, 1.54) is 24.1 Å². The summed E-state index contributed by atoms with van der Waals surface area (Å²) in [6.07, 6.45) is 2.75. The van der Waals surface area contributed by atoms with Gasteiger partial charge in [0.1, 0.15) is 5.52 Å². The number of hydrogen-bond donors (Lipinski definition) is 0. The molecule has 0 saturated heterocycles. The van der Waals surface area contributed by atoms with Gasteiger partial charge in [-0.2, -0.15) is 4.98 Å². The van der Waals surface area contributed by atoms with Crippen LogP contribution in [0.5, 0.6) is 6.01 Å². The molecule has 0 unspecified atom stereocenters. The Hall–Kier alpha value is -1.98. The number of methoxy groups -OCH3 is 1. The lowest BCUT2D eigenvalue weighted by atomic mass is 10.5. The number of rotatable bonds is 1. The Morgan fingerprint density at radius 3 is 2.86 bits per heavy atom. The molecule has 0 aliphatic heterocycles. The standard InChI is InChI=1S/C8H8N4O2/c1-12-6(13)4-9-5-3-10-8(14-2)11-7(5)12/h3-4H,1-2H3. The summed E-state index contributed by atoms with van der Waals surface area (Å²) in [5.74, 6) is 0. The first-order valence-electron chi connectivity index (χ1n) is 3.95. The molecule has 0 N–H and O–H groups in total. The van der Waals surface area contributed by atoms with E-state index in [0.717, 1.165) is 0 Å². The highest BCUT2D eigenvalue weighted by Crippen LogP contribution is 2.07. The van der Waals surface area contributed by atoms with Crippen LogP contribution in [0.1, 0.15) is 0 Å². The monoisotopic (exact) mass is 192 g/mol. The van der Waals surface area contributed by atoms with Crippen molar-refractivity contribution >= 4 is 11.2 Å². The SMILES string of the molecule is COc1ncc2ncc(=O)n(C)c2n1. The molecule has 0 fully saturated rings. The van der Waals surface area contributed by atoms with E-state index in [0.29, 0.717) is 11.2 Å². The lowest BCUT2D eigenvalue weighted by molar-refractivity contribution is 0.381. The summed E-state index contributed by atoms with van der Waals surface area (Å²) in [5, 5.41) is 0. The van der Waals surface area contributed by atoms with Crippen molar-refractivity contribution in [2.75, 3.05) is 7.11 Å². The fourth-order valence-electron chi connectivity index (χ4n) is 1.10. The van der Waals surface area contributed by atoms with Gasteiger partial charge in [0.2, 0.25) is 0 Å². The van der Waals surface area contributed by atoms with Gasteiger partial charge in [0.15, 0.2) is 5.65 Å². The molecule has 72 valence electrons. The van der Waals surface area contributed by atoms with E-state index in [2.05, 4.69) is 15.0 Å². The number of fused-ring (bicyclic) bond motifs is 1. The highest BCUT2D eigenvalue weighted by Gasteiger charge is 2.04. The summed E-state index contributed by atoms with van der Waals surface area (Å²) in [5.41, 5.74) is 0.815. The molecule has 0 atom stereocenters. The molecular formula is C8H8N4O2. The van der Waals surface area contributed by atoms with Crippen molar-refractivity contribution in [3.8, 4) is 6.01 Å². The van der Waals surface area contributed by atoms with Gasteiger partial charge < -0.3 is 4.74 Å². The van der Waals surface area contributed by atoms with Gasteiger partial charge in [-0.25, -0.2) is 9.97 Å². The summed E-state index contributed by atoms with van der Waals surface area (Å²) >= 11 is 0. The predicted molar refractivity (Wildman–Crippen MR) is 49.1 cm³/mol. The van der Waals surface area contributed by atoms with Crippen LogP contribution in [-0.2, 0) is 7.05 Å². The van der Waals surface area contributed by atoms with Crippen LogP contribution in [0.25, 0.3) is 11.2 Å². The quantitative estimate of drug-likeness (QED) is 0.622. The molecule has 0 aliphatic rings. The molecule has 2 heterocycles. The van der Waals surface area contributed by atoms with Crippen LogP contribution in [0, 0.1) is 0 Å². The first-order chi connectivity index (χ1) is 6.72. The predicted octanol–water partition coefficient (Wildman–Crippen LogP) is -0.268. The van der Waals surface area contributed by atoms with E-state index < -0.39 is 0 Å². The van der Waals surface area contributed by atoms with Crippen LogP contribution < -0.4 is 10.3 Å². The Labute approximate surface area is 79.2 Å². The lowest BCUT2D eigenvalue weighted by Crippen LogP contribution is -2.17. The third-order valence-corrected chi connectivity index (χ3v) is 1.87. The molecule has 0 radical (unpaired) electrons. The van der Waals surface area contributed by atoms with Crippen LogP contribution in [-0.4, -0.2) is 26.6 Å². The van der Waals surface area contributed by atoms with Crippen molar-refractivity contribution in [3.05, 3.63) is 22.7 Å². The van der Waals surface area contributed by atoms with Crippen molar-refractivity contribution in [1.82, 2.24) is 19.5 Å². The van der Waals surface area contributed by atoms with Crippen LogP contribution in [0.3, 0.4) is 0 Å². The van der Waals surface area contributed by atoms with Gasteiger partial charge in [-0.15, -0.1) is 0 Å². The Bertz CT molecular complexity index is 534. The maximum atomic E-state index is 11.2. The fourth-order valence-corrected chi connectivity index (χ4v) is 1.10. The summed E-state index contributed by atoms with van der Waals surface area (Å²) in [6, 6.07) is 0.223. The molecule has 0 saturated carbocycles. The Balaban J connectivity index is 2.84. The zero-order chi connectivity index (χ0) is 10.1. The van der Waals surface area contributed by atoms with Gasteiger partial charge in [-0.3, -0.25) is 9.36 Å². The molecule has 14 heavy (non-hydrogen) atoms. The van der Waals surface area contributed by atoms with Gasteiger partial charge in [0.25, 0.3) is 5.56 Å². The van der Waals surface area contributed by atoms with Gasteiger partial charge in [0.05, 0.1) is 19.5 Å². The Kier molecular flexibility index (Phi) is 1.88. The molecule has 0 spiro atoms. The van der Waals surface area contributed by atoms with Crippen LogP contribution in [0.2, 0.25) is 0 Å². The maximum Gasteiger partial charge on any atom is 0.318 e. The normalized spacial score (nSPS) is 10.4. The first kappa shape index (κ1) is 8.61. The molecule has 6 nitrogen and oxygen atoms in total. The van der Waals surface area contributed by atoms with Gasteiger partial charge in [-0.05, 0) is 0 Å². The van der Waals surface area contributed by atoms with Crippen molar-refractivity contribution < 1.29 is 4.74 Å². The number of hydrogen-bond acceptors (Lipinski definition) is 5. The van der Waals surface area contributed by atoms with E-state index in [1.54, 1.807) is 7.05 Å². The first-order valence-corrected chi connectivity index (χ1v) is 3.95. The van der Waals surface area contributed by atoms with E-state index >= 15 is 0 Å². The van der Waals surface area contributed by atoms with Crippen molar-refractivity contribution in [2.24, 2.45) is 7.05 Å². The molecule has 6 heteroatoms. The van der Waals surface area contributed by atoms with Crippen molar-refractivity contribution in [1.29, 1.82) is 0 Å². The van der Waals surface area contributed by atoms with E-state index in [-0.39, 0.29) is 11.6 Å². The Morgan fingerprint density at radius 1 is 1.36 bits per heavy atom. The zero-order valence-corrected chi connectivity index (χ0v) is 7.76. The van der Waals surface area contributed by atoms with Crippen LogP contribution >= 0.6 is 0 Å². The molecule has 0 bridgehead atoms. The van der Waals surface area contributed by atoms with Crippen LogP contribution in [0.4, 0.5) is 0 Å². The summed E-state index contributed by atoms with van der Waals surface area (Å²) < 4.78 is 6.25. The smallest absolute Gasteiger partial charge is 0.318 e. The highest BCUT2D eigenvalue weighted by atomic mass is 16.5. The number of aromatic nitrogens is 4. The minimum Gasteiger partial charge on any atom is -0.467 e. The minimum absolute atomic E-state index is 0.210. The summed E-state index contributed by atoms with van der Waals surface area (Å²) in [6.45, 7) is 0. The van der Waals surface area contributed by atoms with Crippen molar-refractivity contribution in [2.45, 2.75) is 0 Å². The number of nitrogens with zero attached hydrogens (tertiary/aromatic N) is 4. The second kappa shape index (κ2) is 3.06. The van der Waals surface area contributed by atoms with E-state index in [4.69, 9.17) is 4.74 Å². The third kappa shape index (κ3) is 1.20. The van der Waals surface area contributed by atoms with Crippen molar-refractivity contribution in [3.63, 3.8) is 0 Å².